The number of rotatable bonds is 4. The zero-order valence-corrected chi connectivity index (χ0v) is 13.2. The van der Waals surface area contributed by atoms with Crippen LogP contribution >= 0.6 is 0 Å². The zero-order chi connectivity index (χ0) is 17.0. The van der Waals surface area contributed by atoms with Crippen LogP contribution in [0.4, 0.5) is 4.79 Å². The topological polar surface area (TPSA) is 78.2 Å². The smallest absolute Gasteiger partial charge is 0.465 e. The third-order valence-electron chi connectivity index (χ3n) is 3.15. The molecule has 1 heterocycles. The Bertz CT molecular complexity index is 742. The van der Waals surface area contributed by atoms with Gasteiger partial charge < -0.3 is 9.47 Å². The molecule has 0 N–H and O–H groups in total. The van der Waals surface area contributed by atoms with Crippen molar-refractivity contribution in [3.05, 3.63) is 36.0 Å². The van der Waals surface area contributed by atoms with Crippen LogP contribution in [0.5, 0.6) is 5.75 Å². The maximum absolute atomic E-state index is 11.9. The first-order valence-electron chi connectivity index (χ1n) is 6.62. The zero-order valence-electron chi connectivity index (χ0n) is 13.2. The minimum absolute atomic E-state index is 0.257. The SMILES string of the molecule is COC(=O)c1cc2c(OC(=O)N(OC)OC)cccc2[n+](C)c1. The number of hydrogen-bond acceptors (Lipinski definition) is 6. The first-order valence-corrected chi connectivity index (χ1v) is 6.62. The standard InChI is InChI=1S/C15H17N2O6/c1-16-9-10(14(18)20-2)8-11-12(16)6-5-7-13(11)23-15(19)17(21-3)22-4/h5-9H,1-4H3/q+1. The van der Waals surface area contributed by atoms with Crippen LogP contribution in [0.3, 0.4) is 0 Å². The van der Waals surface area contributed by atoms with Gasteiger partial charge in [0.25, 0.3) is 0 Å². The van der Waals surface area contributed by atoms with E-state index in [1.165, 1.54) is 21.3 Å². The van der Waals surface area contributed by atoms with Crippen LogP contribution < -0.4 is 9.30 Å². The number of hydroxylamine groups is 2. The predicted octanol–water partition coefficient (Wildman–Crippen LogP) is 1.37. The van der Waals surface area contributed by atoms with E-state index in [0.717, 1.165) is 5.52 Å². The lowest BCUT2D eigenvalue weighted by atomic mass is 10.1. The van der Waals surface area contributed by atoms with Crippen molar-refractivity contribution in [3.63, 3.8) is 0 Å². The van der Waals surface area contributed by atoms with Gasteiger partial charge in [-0.3, -0.25) is 0 Å². The number of carbonyl (C=O) groups excluding carboxylic acids is 2. The van der Waals surface area contributed by atoms with Crippen molar-refractivity contribution in [1.29, 1.82) is 0 Å². The lowest BCUT2D eigenvalue weighted by Gasteiger charge is -2.15. The molecule has 8 nitrogen and oxygen atoms in total. The molecule has 1 aromatic heterocycles. The van der Waals surface area contributed by atoms with Gasteiger partial charge in [0, 0.05) is 6.07 Å². The van der Waals surface area contributed by atoms with E-state index in [9.17, 15) is 9.59 Å². The number of amides is 1. The Labute approximate surface area is 132 Å². The number of fused-ring (bicyclic) bond motifs is 1. The molecule has 0 aliphatic rings. The number of carbonyl (C=O) groups is 2. The van der Waals surface area contributed by atoms with E-state index in [-0.39, 0.29) is 5.75 Å². The number of nitrogens with zero attached hydrogens (tertiary/aromatic N) is 2. The highest BCUT2D eigenvalue weighted by molar-refractivity contribution is 5.94. The Morgan fingerprint density at radius 3 is 2.43 bits per heavy atom. The van der Waals surface area contributed by atoms with Gasteiger partial charge in [0.15, 0.2) is 6.20 Å². The van der Waals surface area contributed by atoms with Crippen LogP contribution in [0.25, 0.3) is 10.9 Å². The molecule has 2 rings (SSSR count). The Hall–Kier alpha value is -2.71. The highest BCUT2D eigenvalue weighted by Crippen LogP contribution is 2.25. The minimum Gasteiger partial charge on any atom is -0.465 e. The largest absolute Gasteiger partial charge is 0.465 e. The molecule has 23 heavy (non-hydrogen) atoms. The van der Waals surface area contributed by atoms with Crippen LogP contribution in [-0.2, 0) is 21.5 Å². The third-order valence-corrected chi connectivity index (χ3v) is 3.15. The van der Waals surface area contributed by atoms with Gasteiger partial charge in [-0.2, -0.15) is 0 Å². The Balaban J connectivity index is 2.50. The first kappa shape index (κ1) is 16.7. The highest BCUT2D eigenvalue weighted by Gasteiger charge is 2.21. The summed E-state index contributed by atoms with van der Waals surface area (Å²) >= 11 is 0. The van der Waals surface area contributed by atoms with Gasteiger partial charge >= 0.3 is 12.1 Å². The van der Waals surface area contributed by atoms with E-state index < -0.39 is 12.1 Å². The maximum Gasteiger partial charge on any atom is 0.465 e. The van der Waals surface area contributed by atoms with Gasteiger partial charge in [0.1, 0.15) is 18.4 Å². The van der Waals surface area contributed by atoms with Gasteiger partial charge in [-0.05, 0) is 17.4 Å². The summed E-state index contributed by atoms with van der Waals surface area (Å²) < 4.78 is 11.7. The Morgan fingerprint density at radius 2 is 1.83 bits per heavy atom. The fourth-order valence-corrected chi connectivity index (χ4v) is 2.13. The maximum atomic E-state index is 11.9. The number of aryl methyl sites for hydroxylation is 1. The van der Waals surface area contributed by atoms with E-state index in [1.54, 1.807) is 36.0 Å². The van der Waals surface area contributed by atoms with Crippen molar-refractivity contribution in [3.8, 4) is 5.75 Å². The summed E-state index contributed by atoms with van der Waals surface area (Å²) in [5.41, 5.74) is 1.10. The summed E-state index contributed by atoms with van der Waals surface area (Å²) in [4.78, 5) is 33.1. The number of methoxy groups -OCH3 is 1. The van der Waals surface area contributed by atoms with Crippen LogP contribution in [0, 0.1) is 0 Å². The first-order chi connectivity index (χ1) is 11.0. The molecule has 0 atom stereocenters. The third kappa shape index (κ3) is 3.38. The molecular weight excluding hydrogens is 304 g/mol. The molecule has 0 aliphatic carbocycles. The Morgan fingerprint density at radius 1 is 1.13 bits per heavy atom. The van der Waals surface area contributed by atoms with Gasteiger partial charge in [0.05, 0.1) is 26.7 Å². The second-order valence-corrected chi connectivity index (χ2v) is 4.51. The average molecular weight is 321 g/mol. The van der Waals surface area contributed by atoms with Crippen LogP contribution in [0.1, 0.15) is 10.4 Å². The molecule has 8 heteroatoms. The lowest BCUT2D eigenvalue weighted by Crippen LogP contribution is -2.32. The van der Waals surface area contributed by atoms with E-state index in [2.05, 4.69) is 0 Å². The second-order valence-electron chi connectivity index (χ2n) is 4.51. The molecule has 1 amide bonds. The molecule has 0 fully saturated rings. The van der Waals surface area contributed by atoms with E-state index in [0.29, 0.717) is 16.2 Å². The summed E-state index contributed by atoms with van der Waals surface area (Å²) in [5.74, 6) is -0.230. The molecule has 122 valence electrons. The molecule has 0 saturated carbocycles. The summed E-state index contributed by atoms with van der Waals surface area (Å²) in [6.07, 6.45) is 0.782. The van der Waals surface area contributed by atoms with Crippen molar-refractivity contribution in [2.45, 2.75) is 0 Å². The normalized spacial score (nSPS) is 10.4. The van der Waals surface area contributed by atoms with Crippen molar-refractivity contribution in [2.24, 2.45) is 7.05 Å². The average Bonchev–Trinajstić information content (AvgIpc) is 2.55. The number of benzene rings is 1. The minimum atomic E-state index is -0.853. The molecule has 0 unspecified atom stereocenters. The van der Waals surface area contributed by atoms with Crippen molar-refractivity contribution >= 4 is 23.0 Å². The lowest BCUT2D eigenvalue weighted by molar-refractivity contribution is -0.645. The van der Waals surface area contributed by atoms with E-state index >= 15 is 0 Å². The number of ether oxygens (including phenoxy) is 2. The summed E-state index contributed by atoms with van der Waals surface area (Å²) in [7, 11) is 5.61. The quantitative estimate of drug-likeness (QED) is 0.481. The van der Waals surface area contributed by atoms with E-state index in [4.69, 9.17) is 19.1 Å². The molecule has 0 aliphatic heterocycles. The second kappa shape index (κ2) is 7.03. The van der Waals surface area contributed by atoms with Gasteiger partial charge in [0.2, 0.25) is 5.52 Å². The molecule has 2 aromatic rings. The summed E-state index contributed by atoms with van der Waals surface area (Å²) in [6, 6.07) is 6.75. The van der Waals surface area contributed by atoms with Crippen molar-refractivity contribution in [2.75, 3.05) is 21.3 Å². The van der Waals surface area contributed by atoms with E-state index in [1.807, 2.05) is 6.07 Å². The van der Waals surface area contributed by atoms with Gasteiger partial charge in [-0.15, -0.1) is 0 Å². The molecule has 0 saturated heterocycles. The van der Waals surface area contributed by atoms with Crippen LogP contribution in [0.15, 0.2) is 30.5 Å². The molecular formula is C15H17N2O6+. The predicted molar refractivity (Wildman–Crippen MR) is 78.3 cm³/mol. The molecule has 0 bridgehead atoms. The number of pyridine rings is 1. The van der Waals surface area contributed by atoms with Crippen molar-refractivity contribution in [1.82, 2.24) is 5.23 Å². The van der Waals surface area contributed by atoms with Crippen LogP contribution in [0.2, 0.25) is 0 Å². The number of hydrogen-bond donors (Lipinski definition) is 0. The van der Waals surface area contributed by atoms with Gasteiger partial charge in [-0.25, -0.2) is 23.8 Å². The molecule has 0 radical (unpaired) electrons. The highest BCUT2D eigenvalue weighted by atomic mass is 17.0. The van der Waals surface area contributed by atoms with Gasteiger partial charge in [-0.1, -0.05) is 6.07 Å². The molecule has 1 aromatic carbocycles. The summed E-state index contributed by atoms with van der Waals surface area (Å²) in [6.45, 7) is 0. The number of aromatic nitrogens is 1. The molecule has 0 spiro atoms. The fraction of sp³-hybridized carbons (Fsp3) is 0.267. The van der Waals surface area contributed by atoms with Crippen molar-refractivity contribution < 1.29 is 33.3 Å². The summed E-state index contributed by atoms with van der Waals surface area (Å²) in [5, 5.41) is 1.15. The van der Waals surface area contributed by atoms with Crippen LogP contribution in [-0.4, -0.2) is 38.6 Å². The monoisotopic (exact) mass is 321 g/mol. The number of esters is 1. The fourth-order valence-electron chi connectivity index (χ4n) is 2.13. The Kier molecular flexibility index (Phi) is 5.09.